The van der Waals surface area contributed by atoms with E-state index in [0.29, 0.717) is 39.4 Å². The number of ether oxygens (including phenoxy) is 6. The summed E-state index contributed by atoms with van der Waals surface area (Å²) in [5.74, 6) is -7.04. The van der Waals surface area contributed by atoms with Crippen molar-refractivity contribution < 1.29 is 85.6 Å². The van der Waals surface area contributed by atoms with E-state index in [1.54, 1.807) is 0 Å². The van der Waals surface area contributed by atoms with Crippen LogP contribution in [0.4, 0.5) is 13.2 Å². The zero-order chi connectivity index (χ0) is 53.0. The minimum atomic E-state index is -5.19. The maximum Gasteiger partial charge on any atom is 0.430 e. The summed E-state index contributed by atoms with van der Waals surface area (Å²) in [6.07, 6.45) is 19.8. The maximum absolute atomic E-state index is 13.2. The molecule has 1 saturated heterocycles. The summed E-state index contributed by atoms with van der Waals surface area (Å²) in [5, 5.41) is 10.7. The minimum absolute atomic E-state index is 0.0715. The predicted molar refractivity (Wildman–Crippen MR) is 259 cm³/mol. The molecule has 2 N–H and O–H groups in total. The molecule has 0 aromatic carbocycles. The first kappa shape index (κ1) is 67.0. The molecule has 1 heterocycles. The van der Waals surface area contributed by atoms with Gasteiger partial charge in [-0.05, 0) is 37.5 Å². The van der Waals surface area contributed by atoms with Gasteiger partial charge in [0.2, 0.25) is 0 Å². The highest BCUT2D eigenvalue weighted by atomic mass is 19.4. The fourth-order valence-electron chi connectivity index (χ4n) is 7.96. The monoisotopic (exact) mass is 1020 g/mol. The molecule has 18 heteroatoms. The van der Waals surface area contributed by atoms with Crippen LogP contribution in [0.3, 0.4) is 0 Å². The third kappa shape index (κ3) is 42.3. The molecule has 2 atom stereocenters. The van der Waals surface area contributed by atoms with Crippen molar-refractivity contribution in [1.29, 1.82) is 0 Å². The van der Waals surface area contributed by atoms with E-state index in [1.807, 2.05) is 5.32 Å². The third-order valence-corrected chi connectivity index (χ3v) is 12.1. The molecule has 0 aromatic heterocycles. The van der Waals surface area contributed by atoms with Crippen molar-refractivity contribution in [3.63, 3.8) is 0 Å². The molecule has 1 fully saturated rings. The van der Waals surface area contributed by atoms with E-state index < -0.39 is 65.9 Å². The lowest BCUT2D eigenvalue weighted by Gasteiger charge is -2.17. The van der Waals surface area contributed by atoms with Crippen LogP contribution in [0.1, 0.15) is 227 Å². The van der Waals surface area contributed by atoms with Gasteiger partial charge in [-0.2, -0.15) is 13.2 Å². The number of quaternary nitrogens is 1. The van der Waals surface area contributed by atoms with Crippen molar-refractivity contribution in [3.8, 4) is 0 Å². The minimum Gasteiger partial charge on any atom is -0.542 e. The lowest BCUT2D eigenvalue weighted by molar-refractivity contribution is -0.673. The van der Waals surface area contributed by atoms with E-state index in [4.69, 9.17) is 38.3 Å². The molecule has 1 aliphatic rings. The second-order valence-electron chi connectivity index (χ2n) is 19.0. The quantitative estimate of drug-likeness (QED) is 0.0342. The number of esters is 6. The van der Waals surface area contributed by atoms with Gasteiger partial charge in [0.05, 0.1) is 26.4 Å². The van der Waals surface area contributed by atoms with E-state index >= 15 is 0 Å². The number of unbranched alkanes of at least 4 members (excludes halogenated alkanes) is 20. The zero-order valence-corrected chi connectivity index (χ0v) is 43.9. The number of aliphatic carboxylic acids is 1. The van der Waals surface area contributed by atoms with Crippen LogP contribution >= 0.6 is 0 Å². The Bertz CT molecular complexity index is 1370. The molecule has 1 aliphatic heterocycles. The van der Waals surface area contributed by atoms with Crippen LogP contribution in [-0.2, 0) is 62.0 Å². The summed E-state index contributed by atoms with van der Waals surface area (Å²) in [5.41, 5.74) is 0. The number of alkyl halides is 3. The number of carbonyl (C=O) groups excluding carboxylic acids is 7. The van der Waals surface area contributed by atoms with E-state index in [2.05, 4.69) is 27.7 Å². The first-order chi connectivity index (χ1) is 34.0. The lowest BCUT2D eigenvalue weighted by atomic mass is 9.97. The molecule has 0 spiro atoms. The van der Waals surface area contributed by atoms with Gasteiger partial charge in [-0.25, -0.2) is 0 Å². The number of hydrogen-bond acceptors (Lipinski definition) is 14. The Morgan fingerprint density at radius 3 is 1.01 bits per heavy atom. The molecule has 414 valence electrons. The number of nitrogens with two attached hydrogens (primary N) is 1. The standard InChI is InChI=1S/C51H91NO12.C2HF3O2/c1-5-9-13-17-21-25-29-59-46(53)33-42(34-47(54)60-30-26-22-18-14-10-6-2)37-50(57)63-41-44-39-45(40-52-44)64-51(58)38-43(35-48(55)61-31-27-23-19-15-11-7-3)36-49(56)62-32-28-24-20-16-12-8-4;3-2(4,5)1(6)7/h42-45,52H,5-41H2,1-4H3;(H,6,7)/t44-,45+;/m0./s1. The Hall–Kier alpha value is -3.96. The Balaban J connectivity index is 0.00000647. The van der Waals surface area contributed by atoms with E-state index in [-0.39, 0.29) is 51.2 Å². The normalized spacial score (nSPS) is 14.4. The summed E-state index contributed by atoms with van der Waals surface area (Å²) in [6.45, 7) is 10.5. The average molecular weight is 1020 g/mol. The first-order valence-electron chi connectivity index (χ1n) is 27.1. The topological polar surface area (TPSA) is 215 Å². The van der Waals surface area contributed by atoms with Crippen molar-refractivity contribution >= 4 is 41.8 Å². The lowest BCUT2D eigenvalue weighted by Crippen LogP contribution is -2.88. The van der Waals surface area contributed by atoms with Crippen LogP contribution in [-0.4, -0.2) is 99.7 Å². The largest absolute Gasteiger partial charge is 0.542 e. The first-order valence-corrected chi connectivity index (χ1v) is 27.1. The van der Waals surface area contributed by atoms with Gasteiger partial charge in [0.15, 0.2) is 6.10 Å². The third-order valence-electron chi connectivity index (χ3n) is 12.1. The molecular formula is C53H92F3NO14. The second kappa shape index (κ2) is 44.7. The van der Waals surface area contributed by atoms with Crippen molar-refractivity contribution in [1.82, 2.24) is 0 Å². The highest BCUT2D eigenvalue weighted by Crippen LogP contribution is 2.21. The van der Waals surface area contributed by atoms with Gasteiger partial charge in [-0.15, -0.1) is 0 Å². The summed E-state index contributed by atoms with van der Waals surface area (Å²) in [6, 6.07) is -0.158. The van der Waals surface area contributed by atoms with Crippen LogP contribution < -0.4 is 10.4 Å². The Labute approximate surface area is 422 Å². The number of halogens is 3. The summed E-state index contributed by atoms with van der Waals surface area (Å²) >= 11 is 0. The molecule has 0 bridgehead atoms. The van der Waals surface area contributed by atoms with Gasteiger partial charge >= 0.3 is 42.0 Å². The van der Waals surface area contributed by atoms with Gasteiger partial charge in [-0.1, -0.05) is 156 Å². The number of rotatable bonds is 43. The van der Waals surface area contributed by atoms with Gasteiger partial charge in [-0.3, -0.25) is 28.8 Å². The smallest absolute Gasteiger partial charge is 0.430 e. The molecule has 15 nitrogen and oxygen atoms in total. The summed E-state index contributed by atoms with van der Waals surface area (Å²) in [4.78, 5) is 86.1. The average Bonchev–Trinajstić information content (AvgIpc) is 3.76. The molecule has 0 saturated carbocycles. The van der Waals surface area contributed by atoms with Crippen molar-refractivity contribution in [2.24, 2.45) is 11.8 Å². The summed E-state index contributed by atoms with van der Waals surface area (Å²) in [7, 11) is 0. The van der Waals surface area contributed by atoms with Crippen LogP contribution in [0.15, 0.2) is 0 Å². The van der Waals surface area contributed by atoms with Crippen LogP contribution in [0.25, 0.3) is 0 Å². The van der Waals surface area contributed by atoms with Gasteiger partial charge in [0, 0.05) is 44.9 Å². The number of hydrogen-bond donors (Lipinski definition) is 1. The molecule has 71 heavy (non-hydrogen) atoms. The van der Waals surface area contributed by atoms with Gasteiger partial charge in [0.25, 0.3) is 0 Å². The fourth-order valence-corrected chi connectivity index (χ4v) is 7.96. The Morgan fingerprint density at radius 1 is 0.451 bits per heavy atom. The predicted octanol–water partition coefficient (Wildman–Crippen LogP) is 9.26. The van der Waals surface area contributed by atoms with E-state index in [1.165, 1.54) is 25.7 Å². The van der Waals surface area contributed by atoms with E-state index in [0.717, 1.165) is 128 Å². The van der Waals surface area contributed by atoms with Crippen molar-refractivity contribution in [2.75, 3.05) is 39.6 Å². The van der Waals surface area contributed by atoms with Crippen LogP contribution in [0.5, 0.6) is 0 Å². The summed E-state index contributed by atoms with van der Waals surface area (Å²) < 4.78 is 64.9. The van der Waals surface area contributed by atoms with E-state index in [9.17, 15) is 41.9 Å². The highest BCUT2D eigenvalue weighted by Gasteiger charge is 2.34. The second-order valence-corrected chi connectivity index (χ2v) is 19.0. The maximum atomic E-state index is 13.2. The molecule has 0 amide bonds. The molecular weight excluding hydrogens is 932 g/mol. The number of carboxylic acids is 1. The zero-order valence-electron chi connectivity index (χ0n) is 43.9. The highest BCUT2D eigenvalue weighted by molar-refractivity contribution is 5.77. The number of carbonyl (C=O) groups is 7. The number of carboxylic acid groups (broad SMARTS) is 1. The van der Waals surface area contributed by atoms with Gasteiger partial charge in [0.1, 0.15) is 25.2 Å². The SMILES string of the molecule is CCCCCCCCOC(=O)CC(CC(=O)OCCCCCCCC)CC(=O)OC[C@@H]1C[C@@H](OC(=O)CC(CC(=O)OCCCCCCCC)CC(=O)OCCCCCCCC)C[NH2+]1.O=C([O-])C(F)(F)F. The Morgan fingerprint density at radius 2 is 0.718 bits per heavy atom. The molecule has 0 unspecified atom stereocenters. The van der Waals surface area contributed by atoms with Crippen LogP contribution in [0.2, 0.25) is 0 Å². The van der Waals surface area contributed by atoms with Crippen molar-refractivity contribution in [2.45, 2.75) is 245 Å². The molecule has 0 radical (unpaired) electrons. The van der Waals surface area contributed by atoms with Crippen molar-refractivity contribution in [3.05, 3.63) is 0 Å². The van der Waals surface area contributed by atoms with Gasteiger partial charge < -0.3 is 43.6 Å². The van der Waals surface area contributed by atoms with Crippen LogP contribution in [0, 0.1) is 11.8 Å². The molecule has 1 rings (SSSR count). The fraction of sp³-hybridized carbons (Fsp3) is 0.868. The molecule has 0 aliphatic carbocycles. The molecule has 0 aromatic rings. The Kier molecular flexibility index (Phi) is 42.2.